The second kappa shape index (κ2) is 6.04. The van der Waals surface area contributed by atoms with E-state index in [-0.39, 0.29) is 0 Å². The Balaban J connectivity index is 1.51. The van der Waals surface area contributed by atoms with Crippen molar-refractivity contribution in [1.29, 1.82) is 0 Å². The van der Waals surface area contributed by atoms with Crippen molar-refractivity contribution < 1.29 is 4.52 Å². The van der Waals surface area contributed by atoms with Gasteiger partial charge in [0.1, 0.15) is 0 Å². The zero-order valence-corrected chi connectivity index (χ0v) is 11.9. The molecule has 1 N–H and O–H groups in total. The summed E-state index contributed by atoms with van der Waals surface area (Å²) in [4.78, 5) is 4.62. The van der Waals surface area contributed by atoms with Crippen LogP contribution in [0.4, 0.5) is 0 Å². The summed E-state index contributed by atoms with van der Waals surface area (Å²) in [5.74, 6) is 4.00. The van der Waals surface area contributed by atoms with Gasteiger partial charge in [0.15, 0.2) is 5.82 Å². The zero-order chi connectivity index (χ0) is 13.1. The van der Waals surface area contributed by atoms with E-state index in [2.05, 4.69) is 22.4 Å². The van der Waals surface area contributed by atoms with Gasteiger partial charge in [-0.1, -0.05) is 24.9 Å². The maximum Gasteiger partial charge on any atom is 0.227 e. The van der Waals surface area contributed by atoms with Gasteiger partial charge < -0.3 is 9.84 Å². The van der Waals surface area contributed by atoms with Gasteiger partial charge in [-0.15, -0.1) is 0 Å². The molecule has 1 aromatic rings. The summed E-state index contributed by atoms with van der Waals surface area (Å²) in [7, 11) is 0. The molecule has 2 aliphatic rings. The summed E-state index contributed by atoms with van der Waals surface area (Å²) < 4.78 is 5.41. The summed E-state index contributed by atoms with van der Waals surface area (Å²) in [6.07, 6.45) is 8.83. The van der Waals surface area contributed by atoms with Crippen molar-refractivity contribution in [2.45, 2.75) is 57.8 Å². The Hall–Kier alpha value is -0.900. The predicted molar refractivity (Wildman–Crippen MR) is 74.0 cm³/mol. The van der Waals surface area contributed by atoms with Gasteiger partial charge in [-0.25, -0.2) is 0 Å². The summed E-state index contributed by atoms with van der Waals surface area (Å²) >= 11 is 0. The Labute approximate surface area is 115 Å². The Bertz CT molecular complexity index is 392. The summed E-state index contributed by atoms with van der Waals surface area (Å²) in [6.45, 7) is 4.48. The number of nitrogens with one attached hydrogen (secondary N) is 1. The first-order valence-electron chi connectivity index (χ1n) is 7.88. The SMILES string of the molecule is CCCC1CCC(c2noc(CC3CNC3)n2)CC1. The van der Waals surface area contributed by atoms with Crippen molar-refractivity contribution in [3.8, 4) is 0 Å². The van der Waals surface area contributed by atoms with Crippen LogP contribution in [-0.2, 0) is 6.42 Å². The van der Waals surface area contributed by atoms with Crippen molar-refractivity contribution >= 4 is 0 Å². The van der Waals surface area contributed by atoms with E-state index in [0.29, 0.717) is 11.8 Å². The molecular formula is C15H25N3O. The molecule has 106 valence electrons. The third kappa shape index (κ3) is 3.16. The van der Waals surface area contributed by atoms with E-state index < -0.39 is 0 Å². The molecule has 0 bridgehead atoms. The molecule has 4 heteroatoms. The molecule has 0 unspecified atom stereocenters. The molecule has 1 saturated heterocycles. The molecule has 0 amide bonds. The van der Waals surface area contributed by atoms with E-state index in [4.69, 9.17) is 4.52 Å². The Morgan fingerprint density at radius 2 is 1.95 bits per heavy atom. The Kier molecular flexibility index (Phi) is 4.16. The standard InChI is InChI=1S/C15H25N3O/c1-2-3-11-4-6-13(7-5-11)15-17-14(19-18-15)8-12-9-16-10-12/h11-13,16H,2-10H2,1H3. The Morgan fingerprint density at radius 1 is 1.16 bits per heavy atom. The molecule has 2 fully saturated rings. The maximum atomic E-state index is 5.41. The maximum absolute atomic E-state index is 5.41. The third-order valence-electron chi connectivity index (χ3n) is 4.72. The van der Waals surface area contributed by atoms with E-state index >= 15 is 0 Å². The second-order valence-corrected chi connectivity index (χ2v) is 6.28. The quantitative estimate of drug-likeness (QED) is 0.887. The van der Waals surface area contributed by atoms with Gasteiger partial charge in [0.25, 0.3) is 0 Å². The molecule has 1 aliphatic carbocycles. The highest BCUT2D eigenvalue weighted by molar-refractivity contribution is 4.99. The van der Waals surface area contributed by atoms with Crippen LogP contribution in [0.1, 0.15) is 63.1 Å². The van der Waals surface area contributed by atoms with Crippen LogP contribution in [0.3, 0.4) is 0 Å². The summed E-state index contributed by atoms with van der Waals surface area (Å²) in [6, 6.07) is 0. The fourth-order valence-electron chi connectivity index (χ4n) is 3.37. The van der Waals surface area contributed by atoms with Crippen molar-refractivity contribution in [2.24, 2.45) is 11.8 Å². The largest absolute Gasteiger partial charge is 0.339 e. The number of hydrogen-bond acceptors (Lipinski definition) is 4. The van der Waals surface area contributed by atoms with Gasteiger partial charge in [-0.05, 0) is 50.6 Å². The number of nitrogens with zero attached hydrogens (tertiary/aromatic N) is 2. The van der Waals surface area contributed by atoms with Crippen molar-refractivity contribution in [3.05, 3.63) is 11.7 Å². The Morgan fingerprint density at radius 3 is 2.58 bits per heavy atom. The van der Waals surface area contributed by atoms with Crippen LogP contribution in [0.25, 0.3) is 0 Å². The molecule has 0 atom stereocenters. The van der Waals surface area contributed by atoms with Crippen LogP contribution in [0.15, 0.2) is 4.52 Å². The van der Waals surface area contributed by atoms with Crippen LogP contribution < -0.4 is 5.32 Å². The molecule has 0 aromatic carbocycles. The lowest BCUT2D eigenvalue weighted by Gasteiger charge is -2.26. The van der Waals surface area contributed by atoms with Crippen LogP contribution >= 0.6 is 0 Å². The van der Waals surface area contributed by atoms with E-state index in [1.165, 1.54) is 38.5 Å². The molecule has 0 spiro atoms. The molecule has 0 radical (unpaired) electrons. The van der Waals surface area contributed by atoms with E-state index in [1.807, 2.05) is 0 Å². The van der Waals surface area contributed by atoms with Crippen LogP contribution in [-0.4, -0.2) is 23.2 Å². The van der Waals surface area contributed by atoms with Gasteiger partial charge in [-0.2, -0.15) is 4.98 Å². The normalized spacial score (nSPS) is 28.3. The number of rotatable bonds is 5. The average molecular weight is 263 g/mol. The molecule has 1 aliphatic heterocycles. The lowest BCUT2D eigenvalue weighted by Crippen LogP contribution is -2.43. The topological polar surface area (TPSA) is 51.0 Å². The molecule has 4 nitrogen and oxygen atoms in total. The minimum atomic E-state index is 0.546. The fraction of sp³-hybridized carbons (Fsp3) is 0.867. The van der Waals surface area contributed by atoms with Crippen LogP contribution in [0.5, 0.6) is 0 Å². The molecular weight excluding hydrogens is 238 g/mol. The van der Waals surface area contributed by atoms with Gasteiger partial charge in [0, 0.05) is 12.3 Å². The zero-order valence-electron chi connectivity index (χ0n) is 11.9. The third-order valence-corrected chi connectivity index (χ3v) is 4.72. The lowest BCUT2D eigenvalue weighted by molar-refractivity contribution is 0.285. The fourth-order valence-corrected chi connectivity index (χ4v) is 3.37. The average Bonchev–Trinajstić information content (AvgIpc) is 2.84. The van der Waals surface area contributed by atoms with E-state index in [9.17, 15) is 0 Å². The highest BCUT2D eigenvalue weighted by Gasteiger charge is 2.26. The summed E-state index contributed by atoms with van der Waals surface area (Å²) in [5.41, 5.74) is 0. The van der Waals surface area contributed by atoms with Gasteiger partial charge >= 0.3 is 0 Å². The van der Waals surface area contributed by atoms with Gasteiger partial charge in [0.2, 0.25) is 5.89 Å². The molecule has 1 saturated carbocycles. The minimum absolute atomic E-state index is 0.546. The van der Waals surface area contributed by atoms with E-state index in [1.54, 1.807) is 0 Å². The smallest absolute Gasteiger partial charge is 0.227 e. The predicted octanol–water partition coefficient (Wildman–Crippen LogP) is 2.91. The summed E-state index contributed by atoms with van der Waals surface area (Å²) in [5, 5.41) is 7.49. The second-order valence-electron chi connectivity index (χ2n) is 6.28. The lowest BCUT2D eigenvalue weighted by atomic mass is 9.80. The molecule has 3 rings (SSSR count). The van der Waals surface area contributed by atoms with Crippen molar-refractivity contribution in [1.82, 2.24) is 15.5 Å². The first-order chi connectivity index (χ1) is 9.35. The first kappa shape index (κ1) is 13.1. The van der Waals surface area contributed by atoms with Crippen LogP contribution in [0.2, 0.25) is 0 Å². The van der Waals surface area contributed by atoms with Crippen LogP contribution in [0, 0.1) is 11.8 Å². The first-order valence-corrected chi connectivity index (χ1v) is 7.88. The highest BCUT2D eigenvalue weighted by atomic mass is 16.5. The number of aromatic nitrogens is 2. The van der Waals surface area contributed by atoms with E-state index in [0.717, 1.165) is 37.1 Å². The molecule has 19 heavy (non-hydrogen) atoms. The van der Waals surface area contributed by atoms with Gasteiger partial charge in [-0.3, -0.25) is 0 Å². The highest BCUT2D eigenvalue weighted by Crippen LogP contribution is 2.36. The number of hydrogen-bond donors (Lipinski definition) is 1. The molecule has 2 heterocycles. The molecule has 1 aromatic heterocycles. The van der Waals surface area contributed by atoms with Gasteiger partial charge in [0.05, 0.1) is 0 Å². The van der Waals surface area contributed by atoms with Crippen molar-refractivity contribution in [2.75, 3.05) is 13.1 Å². The van der Waals surface area contributed by atoms with Crippen molar-refractivity contribution in [3.63, 3.8) is 0 Å². The monoisotopic (exact) mass is 263 g/mol. The minimum Gasteiger partial charge on any atom is -0.339 e.